The van der Waals surface area contributed by atoms with Crippen molar-refractivity contribution in [2.45, 2.75) is 52.9 Å². The molecule has 0 heteroatoms. The fourth-order valence-corrected chi connectivity index (χ4v) is 6.68. The molecule has 0 radical (unpaired) electrons. The summed E-state index contributed by atoms with van der Waals surface area (Å²) in [6.07, 6.45) is 31.5. The lowest BCUT2D eigenvalue weighted by Crippen LogP contribution is -2.28. The third-order valence-electron chi connectivity index (χ3n) is 9.25. The second-order valence-corrected chi connectivity index (χ2v) is 11.6. The zero-order chi connectivity index (χ0) is 25.1. The average molecular weight is 471 g/mol. The van der Waals surface area contributed by atoms with Crippen molar-refractivity contribution in [2.75, 3.05) is 0 Å². The van der Waals surface area contributed by atoms with E-state index in [4.69, 9.17) is 0 Å². The van der Waals surface area contributed by atoms with Crippen molar-refractivity contribution in [1.82, 2.24) is 0 Å². The van der Waals surface area contributed by atoms with Crippen LogP contribution in [0.5, 0.6) is 0 Å². The summed E-state index contributed by atoms with van der Waals surface area (Å²) in [7, 11) is 0. The molecule has 4 atom stereocenters. The molecule has 0 saturated carbocycles. The van der Waals surface area contributed by atoms with Crippen LogP contribution in [0.3, 0.4) is 0 Å². The molecule has 0 heterocycles. The van der Waals surface area contributed by atoms with Crippen LogP contribution < -0.4 is 0 Å². The maximum Gasteiger partial charge on any atom is 0.0725 e. The first-order valence-electron chi connectivity index (χ1n) is 13.9. The van der Waals surface area contributed by atoms with E-state index in [1.807, 2.05) is 0 Å². The highest BCUT2D eigenvalue weighted by atomic mass is 14.5. The Morgan fingerprint density at radius 3 is 2.11 bits per heavy atom. The molecule has 5 aliphatic carbocycles. The predicted octanol–water partition coefficient (Wildman–Crippen LogP) is 9.39. The molecule has 1 aromatic rings. The van der Waals surface area contributed by atoms with Gasteiger partial charge in [0.1, 0.15) is 0 Å². The molecule has 0 saturated heterocycles. The summed E-state index contributed by atoms with van der Waals surface area (Å²) in [5.74, 6) is 1.50. The summed E-state index contributed by atoms with van der Waals surface area (Å²) in [5.41, 5.74) is 11.1. The highest BCUT2D eigenvalue weighted by molar-refractivity contribution is 5.95. The molecule has 182 valence electrons. The monoisotopic (exact) mass is 470 g/mol. The third-order valence-corrected chi connectivity index (χ3v) is 9.25. The average Bonchev–Trinajstić information content (AvgIpc) is 3.09. The fourth-order valence-electron chi connectivity index (χ4n) is 6.68. The van der Waals surface area contributed by atoms with E-state index in [1.54, 1.807) is 0 Å². The smallest absolute Gasteiger partial charge is 0.0725 e. The Morgan fingerprint density at radius 1 is 0.722 bits per heavy atom. The van der Waals surface area contributed by atoms with Gasteiger partial charge in [-0.15, -0.1) is 0 Å². The minimum Gasteiger partial charge on any atom is -0.0773 e. The van der Waals surface area contributed by atoms with Gasteiger partial charge < -0.3 is 0 Å². The molecule has 1 spiro atoms. The van der Waals surface area contributed by atoms with Crippen molar-refractivity contribution in [2.24, 2.45) is 23.2 Å². The van der Waals surface area contributed by atoms with E-state index in [0.29, 0.717) is 17.8 Å². The second kappa shape index (κ2) is 8.48. The van der Waals surface area contributed by atoms with Crippen LogP contribution in [-0.2, 0) is 5.41 Å². The summed E-state index contributed by atoms with van der Waals surface area (Å²) in [6, 6.07) is 9.15. The Hall–Kier alpha value is -3.12. The topological polar surface area (TPSA) is 0 Å². The van der Waals surface area contributed by atoms with Gasteiger partial charge >= 0.3 is 0 Å². The largest absolute Gasteiger partial charge is 0.0773 e. The molecular formula is C36H38. The van der Waals surface area contributed by atoms with Gasteiger partial charge in [-0.05, 0) is 75.2 Å². The maximum absolute atomic E-state index is 2.47. The fraction of sp³-hybridized carbons (Fsp3) is 0.333. The molecule has 0 N–H and O–H groups in total. The van der Waals surface area contributed by atoms with E-state index in [0.717, 1.165) is 12.8 Å². The molecule has 0 amide bonds. The number of rotatable bonds is 3. The number of fused-ring (bicyclic) bond motifs is 7. The second-order valence-electron chi connectivity index (χ2n) is 11.6. The van der Waals surface area contributed by atoms with Crippen molar-refractivity contribution in [1.29, 1.82) is 0 Å². The lowest BCUT2D eigenvalue weighted by Gasteiger charge is -2.34. The Bertz CT molecular complexity index is 1390. The van der Waals surface area contributed by atoms with Crippen LogP contribution in [-0.4, -0.2) is 0 Å². The number of hydrogen-bond acceptors (Lipinski definition) is 0. The van der Waals surface area contributed by atoms with Crippen LogP contribution in [0.1, 0.15) is 58.6 Å². The molecule has 36 heavy (non-hydrogen) atoms. The van der Waals surface area contributed by atoms with E-state index >= 15 is 0 Å². The SMILES string of the molecule is CCC1C=CC2=C(C=C1)C1(C3=C(C=CC(C(C)C)C=C3)C3=C1C=CC(C)(CC)C=C3)c1ccccc12. The van der Waals surface area contributed by atoms with Crippen LogP contribution >= 0.6 is 0 Å². The van der Waals surface area contributed by atoms with Crippen LogP contribution in [0.25, 0.3) is 5.57 Å². The van der Waals surface area contributed by atoms with Crippen molar-refractivity contribution < 1.29 is 0 Å². The molecule has 4 unspecified atom stereocenters. The zero-order valence-electron chi connectivity index (χ0n) is 22.4. The molecule has 5 aliphatic rings. The molecule has 6 rings (SSSR count). The van der Waals surface area contributed by atoms with Gasteiger partial charge in [0.2, 0.25) is 0 Å². The Labute approximate surface area is 217 Å². The molecule has 0 fully saturated rings. The van der Waals surface area contributed by atoms with Crippen LogP contribution in [0.4, 0.5) is 0 Å². The Balaban J connectivity index is 1.70. The number of benzene rings is 1. The molecular weight excluding hydrogens is 432 g/mol. The first-order valence-corrected chi connectivity index (χ1v) is 13.9. The lowest BCUT2D eigenvalue weighted by atomic mass is 9.67. The van der Waals surface area contributed by atoms with E-state index < -0.39 is 0 Å². The highest BCUT2D eigenvalue weighted by Gasteiger charge is 2.53. The predicted molar refractivity (Wildman–Crippen MR) is 154 cm³/mol. The third kappa shape index (κ3) is 3.20. The first kappa shape index (κ1) is 23.3. The minimum absolute atomic E-state index is 0.0683. The van der Waals surface area contributed by atoms with Crippen LogP contribution in [0.15, 0.2) is 125 Å². The highest BCUT2D eigenvalue weighted by Crippen LogP contribution is 2.63. The van der Waals surface area contributed by atoms with E-state index in [1.165, 1.54) is 44.6 Å². The molecule has 0 bridgehead atoms. The number of allylic oxidation sites excluding steroid dienone is 18. The van der Waals surface area contributed by atoms with Gasteiger partial charge in [0, 0.05) is 5.41 Å². The van der Waals surface area contributed by atoms with Crippen molar-refractivity contribution >= 4 is 5.57 Å². The van der Waals surface area contributed by atoms with Gasteiger partial charge in [-0.3, -0.25) is 0 Å². The summed E-state index contributed by atoms with van der Waals surface area (Å²) in [4.78, 5) is 0. The summed E-state index contributed by atoms with van der Waals surface area (Å²) in [5, 5.41) is 0. The number of hydrogen-bond donors (Lipinski definition) is 0. The normalized spacial score (nSPS) is 31.7. The van der Waals surface area contributed by atoms with Gasteiger partial charge in [0.25, 0.3) is 0 Å². The van der Waals surface area contributed by atoms with Gasteiger partial charge in [-0.2, -0.15) is 0 Å². The molecule has 0 aliphatic heterocycles. The first-order chi connectivity index (χ1) is 17.4. The summed E-state index contributed by atoms with van der Waals surface area (Å²) >= 11 is 0. The summed E-state index contributed by atoms with van der Waals surface area (Å²) in [6.45, 7) is 11.6. The zero-order valence-corrected chi connectivity index (χ0v) is 22.4. The maximum atomic E-state index is 2.47. The van der Waals surface area contributed by atoms with Gasteiger partial charge in [-0.25, -0.2) is 0 Å². The molecule has 0 aromatic heterocycles. The van der Waals surface area contributed by atoms with Crippen molar-refractivity contribution in [3.8, 4) is 0 Å². The van der Waals surface area contributed by atoms with E-state index in [9.17, 15) is 0 Å². The quantitative estimate of drug-likeness (QED) is 0.413. The summed E-state index contributed by atoms with van der Waals surface area (Å²) < 4.78 is 0. The minimum atomic E-state index is -0.285. The van der Waals surface area contributed by atoms with Gasteiger partial charge in [0.05, 0.1) is 5.41 Å². The lowest BCUT2D eigenvalue weighted by molar-refractivity contribution is 0.530. The standard InChI is InChI=1S/C36H38/c1-6-25-12-16-28-27-10-8-9-11-31(27)36(32(28)18-13-25)33-19-15-26(24(3)4)14-17-29(33)30-20-22-35(5,7-2)23-21-34(30)36/h8-26H,6-7H2,1-5H3. The van der Waals surface area contributed by atoms with Gasteiger partial charge in [-0.1, -0.05) is 132 Å². The van der Waals surface area contributed by atoms with Crippen LogP contribution in [0, 0.1) is 23.2 Å². The Kier molecular flexibility index (Phi) is 5.48. The van der Waals surface area contributed by atoms with E-state index in [2.05, 4.69) is 132 Å². The molecule has 0 nitrogen and oxygen atoms in total. The van der Waals surface area contributed by atoms with Gasteiger partial charge in [0.15, 0.2) is 0 Å². The molecule has 1 aromatic carbocycles. The van der Waals surface area contributed by atoms with E-state index in [-0.39, 0.29) is 10.8 Å². The Morgan fingerprint density at radius 2 is 1.33 bits per heavy atom. The van der Waals surface area contributed by atoms with Crippen LogP contribution in [0.2, 0.25) is 0 Å². The van der Waals surface area contributed by atoms with Crippen molar-refractivity contribution in [3.63, 3.8) is 0 Å². The van der Waals surface area contributed by atoms with Crippen molar-refractivity contribution in [3.05, 3.63) is 136 Å².